The van der Waals surface area contributed by atoms with E-state index in [0.717, 1.165) is 11.9 Å². The van der Waals surface area contributed by atoms with Crippen molar-refractivity contribution in [3.63, 3.8) is 0 Å². The lowest BCUT2D eigenvalue weighted by Crippen LogP contribution is -2.41. The molecule has 4 rings (SSSR count). The lowest BCUT2D eigenvalue weighted by atomic mass is 9.75. The summed E-state index contributed by atoms with van der Waals surface area (Å²) in [6.45, 7) is 8.40. The maximum absolute atomic E-state index is 6.34. The van der Waals surface area contributed by atoms with Gasteiger partial charge in [-0.2, -0.15) is 0 Å². The second kappa shape index (κ2) is 6.26. The molecular weight excluding hydrogens is 319 g/mol. The molecule has 0 aromatic heterocycles. The summed E-state index contributed by atoms with van der Waals surface area (Å²) in [5.74, 6) is 0. The van der Waals surface area contributed by atoms with Crippen molar-refractivity contribution >= 4 is 23.4 Å². The molecule has 0 amide bonds. The molecule has 2 nitrogen and oxygen atoms in total. The van der Waals surface area contributed by atoms with Crippen LogP contribution in [0.4, 0.5) is 0 Å². The van der Waals surface area contributed by atoms with Gasteiger partial charge in [-0.1, -0.05) is 66.7 Å². The average molecular weight is 344 g/mol. The lowest BCUT2D eigenvalue weighted by Gasteiger charge is -2.32. The summed E-state index contributed by atoms with van der Waals surface area (Å²) in [5.41, 5.74) is 3.03. The second-order valence-corrected chi connectivity index (χ2v) is 8.16. The monoisotopic (exact) mass is 344 g/mol. The van der Waals surface area contributed by atoms with Crippen molar-refractivity contribution in [2.24, 2.45) is 0 Å². The summed E-state index contributed by atoms with van der Waals surface area (Å²) in [5, 5.41) is 2.42. The van der Waals surface area contributed by atoms with Crippen molar-refractivity contribution in [1.82, 2.24) is 0 Å². The minimum absolute atomic E-state index is 0.339. The molecule has 1 fully saturated rings. The maximum atomic E-state index is 6.34. The summed E-state index contributed by atoms with van der Waals surface area (Å²) in [7, 11) is -0.347. The largest absolute Gasteiger partial charge is 0.495 e. The molecule has 0 unspecified atom stereocenters. The van der Waals surface area contributed by atoms with E-state index in [2.05, 4.69) is 94.4 Å². The second-order valence-electron chi connectivity index (χ2n) is 8.16. The van der Waals surface area contributed by atoms with Crippen molar-refractivity contribution in [1.29, 1.82) is 0 Å². The Bertz CT molecular complexity index is 915. The predicted molar refractivity (Wildman–Crippen MR) is 109 cm³/mol. The summed E-state index contributed by atoms with van der Waals surface area (Å²) in [6, 6.07) is 23.6. The molecule has 0 aliphatic carbocycles. The Balaban J connectivity index is 1.78. The number of hydrogen-bond acceptors (Lipinski definition) is 2. The zero-order chi connectivity index (χ0) is 18.4. The Labute approximate surface area is 156 Å². The molecular formula is C23H25BO2. The fraction of sp³-hybridized carbons (Fsp3) is 0.304. The van der Waals surface area contributed by atoms with E-state index in [1.165, 1.54) is 21.9 Å². The van der Waals surface area contributed by atoms with Gasteiger partial charge in [-0.15, -0.1) is 0 Å². The van der Waals surface area contributed by atoms with Crippen LogP contribution in [0, 0.1) is 0 Å². The molecule has 1 aliphatic rings. The van der Waals surface area contributed by atoms with E-state index in [1.807, 2.05) is 0 Å². The third-order valence-electron chi connectivity index (χ3n) is 5.71. The first-order chi connectivity index (χ1) is 12.4. The first kappa shape index (κ1) is 17.3. The lowest BCUT2D eigenvalue weighted by molar-refractivity contribution is 0.00578. The highest BCUT2D eigenvalue weighted by Crippen LogP contribution is 2.37. The van der Waals surface area contributed by atoms with E-state index >= 15 is 0 Å². The SMILES string of the molecule is CC1(C)OB(c2cc(Cc3ccccc3)cc3ccccc23)OC1(C)C. The van der Waals surface area contributed by atoms with Crippen LogP contribution in [-0.4, -0.2) is 18.3 Å². The van der Waals surface area contributed by atoms with Gasteiger partial charge in [0.2, 0.25) is 0 Å². The van der Waals surface area contributed by atoms with Gasteiger partial charge in [0, 0.05) is 0 Å². The van der Waals surface area contributed by atoms with Crippen LogP contribution in [0.25, 0.3) is 10.8 Å². The van der Waals surface area contributed by atoms with Crippen LogP contribution in [0.5, 0.6) is 0 Å². The fourth-order valence-electron chi connectivity index (χ4n) is 3.50. The minimum Gasteiger partial charge on any atom is -0.399 e. The summed E-state index contributed by atoms with van der Waals surface area (Å²) >= 11 is 0. The van der Waals surface area contributed by atoms with Gasteiger partial charge in [0.05, 0.1) is 11.2 Å². The fourth-order valence-corrected chi connectivity index (χ4v) is 3.50. The van der Waals surface area contributed by atoms with Gasteiger partial charge in [0.25, 0.3) is 0 Å². The van der Waals surface area contributed by atoms with E-state index in [-0.39, 0.29) is 18.3 Å². The summed E-state index contributed by atoms with van der Waals surface area (Å²) in [4.78, 5) is 0. The Morgan fingerprint density at radius 1 is 0.731 bits per heavy atom. The molecule has 1 saturated heterocycles. The molecule has 0 saturated carbocycles. The van der Waals surface area contributed by atoms with Crippen molar-refractivity contribution < 1.29 is 9.31 Å². The van der Waals surface area contributed by atoms with Crippen LogP contribution in [0.1, 0.15) is 38.8 Å². The highest BCUT2D eigenvalue weighted by molar-refractivity contribution is 6.65. The molecule has 3 aromatic rings. The predicted octanol–water partition coefficient (Wildman–Crippen LogP) is 4.73. The maximum Gasteiger partial charge on any atom is 0.495 e. The minimum atomic E-state index is -0.347. The number of hydrogen-bond donors (Lipinski definition) is 0. The Hall–Kier alpha value is -2.10. The van der Waals surface area contributed by atoms with Crippen LogP contribution >= 0.6 is 0 Å². The molecule has 1 heterocycles. The smallest absolute Gasteiger partial charge is 0.399 e. The molecule has 0 radical (unpaired) electrons. The van der Waals surface area contributed by atoms with Gasteiger partial charge < -0.3 is 9.31 Å². The Morgan fingerprint density at radius 2 is 1.35 bits per heavy atom. The normalized spacial score (nSPS) is 18.4. The van der Waals surface area contributed by atoms with Crippen LogP contribution in [-0.2, 0) is 15.7 Å². The first-order valence-corrected chi connectivity index (χ1v) is 9.27. The van der Waals surface area contributed by atoms with Crippen LogP contribution in [0.15, 0.2) is 66.7 Å². The molecule has 0 spiro atoms. The van der Waals surface area contributed by atoms with Crippen molar-refractivity contribution in [3.05, 3.63) is 77.9 Å². The van der Waals surface area contributed by atoms with E-state index in [1.54, 1.807) is 0 Å². The molecule has 132 valence electrons. The van der Waals surface area contributed by atoms with Gasteiger partial charge >= 0.3 is 7.12 Å². The third kappa shape index (κ3) is 3.06. The van der Waals surface area contributed by atoms with Gasteiger partial charge in [-0.25, -0.2) is 0 Å². The average Bonchev–Trinajstić information content (AvgIpc) is 2.83. The highest BCUT2D eigenvalue weighted by Gasteiger charge is 2.52. The molecule has 0 bridgehead atoms. The van der Waals surface area contributed by atoms with Crippen LogP contribution in [0.3, 0.4) is 0 Å². The number of rotatable bonds is 3. The van der Waals surface area contributed by atoms with E-state index in [9.17, 15) is 0 Å². The van der Waals surface area contributed by atoms with Gasteiger partial charge in [-0.05, 0) is 61.5 Å². The van der Waals surface area contributed by atoms with Gasteiger partial charge in [0.1, 0.15) is 0 Å². The molecule has 26 heavy (non-hydrogen) atoms. The molecule has 0 N–H and O–H groups in total. The number of fused-ring (bicyclic) bond motifs is 1. The molecule has 3 heteroatoms. The summed E-state index contributed by atoms with van der Waals surface area (Å²) < 4.78 is 12.7. The molecule has 3 aromatic carbocycles. The van der Waals surface area contributed by atoms with Crippen molar-refractivity contribution in [2.45, 2.75) is 45.3 Å². The van der Waals surface area contributed by atoms with Crippen LogP contribution in [0.2, 0.25) is 0 Å². The van der Waals surface area contributed by atoms with E-state index in [0.29, 0.717) is 0 Å². The van der Waals surface area contributed by atoms with Crippen molar-refractivity contribution in [2.75, 3.05) is 0 Å². The highest BCUT2D eigenvalue weighted by atomic mass is 16.7. The molecule has 0 atom stereocenters. The standard InChI is InChI=1S/C23H25BO2/c1-22(2)23(3,4)26-24(25-22)21-16-18(14-17-10-6-5-7-11-17)15-19-12-8-9-13-20(19)21/h5-13,15-16H,14H2,1-4H3. The third-order valence-corrected chi connectivity index (χ3v) is 5.71. The zero-order valence-electron chi connectivity index (χ0n) is 16.0. The Morgan fingerprint density at radius 3 is 2.04 bits per heavy atom. The number of benzene rings is 3. The van der Waals surface area contributed by atoms with Gasteiger partial charge in [0.15, 0.2) is 0 Å². The quantitative estimate of drug-likeness (QED) is 0.640. The first-order valence-electron chi connectivity index (χ1n) is 9.27. The van der Waals surface area contributed by atoms with Crippen molar-refractivity contribution in [3.8, 4) is 0 Å². The Kier molecular flexibility index (Phi) is 4.17. The van der Waals surface area contributed by atoms with Gasteiger partial charge in [-0.3, -0.25) is 0 Å². The summed E-state index contributed by atoms with van der Waals surface area (Å²) in [6.07, 6.45) is 0.901. The van der Waals surface area contributed by atoms with Crippen LogP contribution < -0.4 is 5.46 Å². The molecule has 1 aliphatic heterocycles. The van der Waals surface area contributed by atoms with E-state index in [4.69, 9.17) is 9.31 Å². The topological polar surface area (TPSA) is 18.5 Å². The van der Waals surface area contributed by atoms with E-state index < -0.39 is 0 Å². The zero-order valence-corrected chi connectivity index (χ0v) is 16.0.